The molecule has 7 heteroatoms. The average Bonchev–Trinajstić information content (AvgIpc) is 2.94. The summed E-state index contributed by atoms with van der Waals surface area (Å²) in [7, 11) is 0. The number of carbonyl (C=O) groups excluding carboxylic acids is 1. The van der Waals surface area contributed by atoms with Crippen LogP contribution in [0.2, 0.25) is 0 Å². The fourth-order valence-corrected chi connectivity index (χ4v) is 1.80. The van der Waals surface area contributed by atoms with Crippen LogP contribution < -0.4 is 10.6 Å². The summed E-state index contributed by atoms with van der Waals surface area (Å²) in [6, 6.07) is 6.82. The average molecular weight is 274 g/mol. The Bertz CT molecular complexity index is 610. The predicted octanol–water partition coefficient (Wildman–Crippen LogP) is 1.11. The molecule has 0 saturated carbocycles. The summed E-state index contributed by atoms with van der Waals surface area (Å²) in [5.74, 6) is -1.33. The second-order valence-corrected chi connectivity index (χ2v) is 4.15. The number of aromatic amines is 1. The first-order valence-electron chi connectivity index (χ1n) is 5.96. The smallest absolute Gasteiger partial charge is 0.305 e. The fourth-order valence-electron chi connectivity index (χ4n) is 1.80. The van der Waals surface area contributed by atoms with Gasteiger partial charge in [-0.15, -0.1) is 0 Å². The zero-order valence-corrected chi connectivity index (χ0v) is 10.6. The molecule has 0 aliphatic heterocycles. The molecule has 20 heavy (non-hydrogen) atoms. The van der Waals surface area contributed by atoms with E-state index < -0.39 is 5.97 Å². The summed E-state index contributed by atoms with van der Waals surface area (Å²) in [5.41, 5.74) is 7.10. The first-order valence-corrected chi connectivity index (χ1v) is 5.96. The molecule has 0 saturated heterocycles. The second kappa shape index (κ2) is 5.87. The van der Waals surface area contributed by atoms with Crippen molar-refractivity contribution in [2.45, 2.75) is 6.42 Å². The number of aliphatic carboxylic acids is 1. The van der Waals surface area contributed by atoms with Crippen LogP contribution in [0.3, 0.4) is 0 Å². The lowest BCUT2D eigenvalue weighted by Crippen LogP contribution is -2.33. The molecule has 1 heterocycles. The summed E-state index contributed by atoms with van der Waals surface area (Å²) in [5, 5.41) is 15.1. The van der Waals surface area contributed by atoms with Crippen LogP contribution in [-0.4, -0.2) is 33.7 Å². The minimum Gasteiger partial charge on any atom is -0.481 e. The molecule has 4 N–H and O–H groups in total. The van der Waals surface area contributed by atoms with Crippen molar-refractivity contribution in [3.8, 4) is 0 Å². The summed E-state index contributed by atoms with van der Waals surface area (Å²) in [6.07, 6.45) is 2.67. The van der Waals surface area contributed by atoms with Gasteiger partial charge >= 0.3 is 5.97 Å². The lowest BCUT2D eigenvalue weighted by Gasteiger charge is -2.23. The van der Waals surface area contributed by atoms with Crippen LogP contribution in [0.5, 0.6) is 0 Å². The number of hydrogen-bond acceptors (Lipinski definition) is 4. The Kier molecular flexibility index (Phi) is 3.99. The van der Waals surface area contributed by atoms with Gasteiger partial charge < -0.3 is 15.7 Å². The molecule has 0 radical (unpaired) electrons. The Morgan fingerprint density at radius 2 is 2.10 bits per heavy atom. The van der Waals surface area contributed by atoms with Gasteiger partial charge in [0.25, 0.3) is 5.91 Å². The van der Waals surface area contributed by atoms with Gasteiger partial charge in [-0.3, -0.25) is 14.7 Å². The zero-order valence-electron chi connectivity index (χ0n) is 10.6. The van der Waals surface area contributed by atoms with Gasteiger partial charge in [-0.2, -0.15) is 5.10 Å². The van der Waals surface area contributed by atoms with Crippen LogP contribution >= 0.6 is 0 Å². The molecule has 0 bridgehead atoms. The van der Waals surface area contributed by atoms with Gasteiger partial charge in [0.15, 0.2) is 0 Å². The first-order chi connectivity index (χ1) is 9.59. The molecular weight excluding hydrogens is 260 g/mol. The molecule has 0 spiro atoms. The van der Waals surface area contributed by atoms with E-state index in [2.05, 4.69) is 10.2 Å². The van der Waals surface area contributed by atoms with E-state index in [4.69, 9.17) is 10.8 Å². The minimum absolute atomic E-state index is 0.0353. The minimum atomic E-state index is -0.982. The molecular formula is C13H14N4O3. The number of amides is 1. The van der Waals surface area contributed by atoms with Crippen molar-refractivity contribution in [2.75, 3.05) is 17.2 Å². The predicted molar refractivity (Wildman–Crippen MR) is 73.4 cm³/mol. The number of H-pyrrole nitrogens is 1. The van der Waals surface area contributed by atoms with Crippen molar-refractivity contribution in [1.29, 1.82) is 0 Å². The summed E-state index contributed by atoms with van der Waals surface area (Å²) >= 11 is 0. The normalized spacial score (nSPS) is 10.2. The molecule has 0 unspecified atom stereocenters. The lowest BCUT2D eigenvalue weighted by atomic mass is 10.2. The van der Waals surface area contributed by atoms with Crippen LogP contribution in [0.15, 0.2) is 36.7 Å². The maximum Gasteiger partial charge on any atom is 0.305 e. The van der Waals surface area contributed by atoms with Crippen molar-refractivity contribution in [1.82, 2.24) is 10.2 Å². The highest BCUT2D eigenvalue weighted by Crippen LogP contribution is 2.24. The van der Waals surface area contributed by atoms with Crippen LogP contribution in [0, 0.1) is 0 Å². The van der Waals surface area contributed by atoms with Gasteiger partial charge in [-0.25, -0.2) is 0 Å². The Labute approximate surface area is 115 Å². The zero-order chi connectivity index (χ0) is 14.5. The molecule has 0 aliphatic carbocycles. The number of carboxylic acids is 1. The van der Waals surface area contributed by atoms with Gasteiger partial charge in [0.05, 0.1) is 29.6 Å². The Morgan fingerprint density at radius 3 is 2.70 bits per heavy atom. The van der Waals surface area contributed by atoms with Crippen molar-refractivity contribution in [3.05, 3.63) is 42.2 Å². The molecule has 104 valence electrons. The summed E-state index contributed by atoms with van der Waals surface area (Å²) in [4.78, 5) is 24.5. The van der Waals surface area contributed by atoms with E-state index in [-0.39, 0.29) is 18.9 Å². The van der Waals surface area contributed by atoms with E-state index in [1.54, 1.807) is 24.3 Å². The maximum absolute atomic E-state index is 12.4. The van der Waals surface area contributed by atoms with E-state index in [1.165, 1.54) is 17.3 Å². The number of nitrogens with one attached hydrogen (secondary N) is 1. The number of hydrogen-bond donors (Lipinski definition) is 3. The molecule has 2 aromatic rings. The number of anilines is 2. The summed E-state index contributed by atoms with van der Waals surface area (Å²) in [6.45, 7) is 0.0353. The number of para-hydroxylation sites is 2. The van der Waals surface area contributed by atoms with Gasteiger partial charge in [0.2, 0.25) is 0 Å². The molecule has 1 aromatic carbocycles. The van der Waals surface area contributed by atoms with Crippen molar-refractivity contribution in [3.63, 3.8) is 0 Å². The monoisotopic (exact) mass is 274 g/mol. The van der Waals surface area contributed by atoms with Crippen LogP contribution in [-0.2, 0) is 4.79 Å². The van der Waals surface area contributed by atoms with Gasteiger partial charge in [0.1, 0.15) is 0 Å². The third-order valence-electron chi connectivity index (χ3n) is 2.77. The van der Waals surface area contributed by atoms with Crippen molar-refractivity contribution in [2.24, 2.45) is 0 Å². The highest BCUT2D eigenvalue weighted by molar-refractivity contribution is 6.07. The van der Waals surface area contributed by atoms with Crippen molar-refractivity contribution >= 4 is 23.3 Å². The van der Waals surface area contributed by atoms with E-state index >= 15 is 0 Å². The number of nitrogens with zero attached hydrogens (tertiary/aromatic N) is 2. The number of carbonyl (C=O) groups is 2. The van der Waals surface area contributed by atoms with E-state index in [9.17, 15) is 9.59 Å². The third-order valence-corrected chi connectivity index (χ3v) is 2.77. The standard InChI is InChI=1S/C13H14N4O3/c14-10-3-1-2-4-11(10)17(6-5-12(18)19)13(20)9-7-15-16-8-9/h1-4,7-8H,5-6,14H2,(H,15,16)(H,18,19). The number of nitrogens with two attached hydrogens (primary N) is 1. The summed E-state index contributed by atoms with van der Waals surface area (Å²) < 4.78 is 0. The number of aromatic nitrogens is 2. The van der Waals surface area contributed by atoms with Gasteiger partial charge in [0, 0.05) is 12.7 Å². The quantitative estimate of drug-likeness (QED) is 0.707. The molecule has 0 aliphatic rings. The number of carboxylic acid groups (broad SMARTS) is 1. The number of rotatable bonds is 5. The molecule has 0 fully saturated rings. The van der Waals surface area contributed by atoms with Crippen LogP contribution in [0.4, 0.5) is 11.4 Å². The largest absolute Gasteiger partial charge is 0.481 e. The Morgan fingerprint density at radius 1 is 1.35 bits per heavy atom. The maximum atomic E-state index is 12.4. The van der Waals surface area contributed by atoms with Crippen LogP contribution in [0.25, 0.3) is 0 Å². The molecule has 0 atom stereocenters. The fraction of sp³-hybridized carbons (Fsp3) is 0.154. The SMILES string of the molecule is Nc1ccccc1N(CCC(=O)O)C(=O)c1cn[nH]c1. The number of nitrogen functional groups attached to an aromatic ring is 1. The molecule has 7 nitrogen and oxygen atoms in total. The molecule has 1 amide bonds. The van der Waals surface area contributed by atoms with E-state index in [1.807, 2.05) is 0 Å². The highest BCUT2D eigenvalue weighted by Gasteiger charge is 2.21. The second-order valence-electron chi connectivity index (χ2n) is 4.15. The molecule has 2 rings (SSSR count). The van der Waals surface area contributed by atoms with Crippen LogP contribution in [0.1, 0.15) is 16.8 Å². The highest BCUT2D eigenvalue weighted by atomic mass is 16.4. The Hall–Kier alpha value is -2.83. The third kappa shape index (κ3) is 2.94. The lowest BCUT2D eigenvalue weighted by molar-refractivity contribution is -0.136. The van der Waals surface area contributed by atoms with Gasteiger partial charge in [-0.05, 0) is 12.1 Å². The van der Waals surface area contributed by atoms with E-state index in [0.29, 0.717) is 16.9 Å². The number of benzene rings is 1. The van der Waals surface area contributed by atoms with E-state index in [0.717, 1.165) is 0 Å². The van der Waals surface area contributed by atoms with Gasteiger partial charge in [-0.1, -0.05) is 12.1 Å². The Balaban J connectivity index is 2.32. The van der Waals surface area contributed by atoms with Crippen molar-refractivity contribution < 1.29 is 14.7 Å². The first kappa shape index (κ1) is 13.6. The molecule has 1 aromatic heterocycles. The topological polar surface area (TPSA) is 112 Å².